The molecule has 0 radical (unpaired) electrons. The summed E-state index contributed by atoms with van der Waals surface area (Å²) in [5, 5.41) is 14.0. The van der Waals surface area contributed by atoms with Crippen LogP contribution < -0.4 is 16.8 Å². The molecule has 2 amide bonds. The molecular weight excluding hydrogens is 503 g/mol. The number of carbonyl (C=O) groups excluding carboxylic acids is 2. The molecule has 1 unspecified atom stereocenters. The van der Waals surface area contributed by atoms with E-state index in [1.165, 1.54) is 18.3 Å². The fraction of sp³-hybridized carbons (Fsp3) is 0.115. The van der Waals surface area contributed by atoms with Crippen LogP contribution in [0.5, 0.6) is 0 Å². The van der Waals surface area contributed by atoms with Crippen LogP contribution >= 0.6 is 0 Å². The number of piperidine rings is 1. The van der Waals surface area contributed by atoms with Crippen LogP contribution in [0.3, 0.4) is 0 Å². The highest BCUT2D eigenvalue weighted by Crippen LogP contribution is 2.36. The van der Waals surface area contributed by atoms with Crippen LogP contribution in [0.1, 0.15) is 33.8 Å². The van der Waals surface area contributed by atoms with E-state index in [2.05, 4.69) is 10.3 Å². The Morgan fingerprint density at radius 2 is 1.71 bits per heavy atom. The van der Waals surface area contributed by atoms with Gasteiger partial charge in [0.25, 0.3) is 5.69 Å². The Kier molecular flexibility index (Phi) is 8.58. The number of hydrogen-bond acceptors (Lipinski definition) is 6. The largest absolute Gasteiger partial charge is 0.416 e. The average molecular weight is 525 g/mol. The number of amides is 2. The molecule has 3 aromatic carbocycles. The van der Waals surface area contributed by atoms with Crippen molar-refractivity contribution in [3.63, 3.8) is 0 Å². The lowest BCUT2D eigenvalue weighted by Crippen LogP contribution is -2.40. The Labute approximate surface area is 214 Å². The second-order valence-electron chi connectivity index (χ2n) is 7.98. The Morgan fingerprint density at radius 3 is 2.32 bits per heavy atom. The van der Waals surface area contributed by atoms with Gasteiger partial charge in [0.1, 0.15) is 5.84 Å². The molecule has 1 atom stereocenters. The molecule has 9 nitrogen and oxygen atoms in total. The first kappa shape index (κ1) is 27.6. The van der Waals surface area contributed by atoms with E-state index in [1.54, 1.807) is 30.3 Å². The number of aliphatic imine (C=N–C) groups is 1. The van der Waals surface area contributed by atoms with Crippen molar-refractivity contribution in [1.29, 1.82) is 0 Å². The lowest BCUT2D eigenvalue weighted by Gasteiger charge is -2.26. The maximum Gasteiger partial charge on any atom is 0.416 e. The standard InChI is InChI=1S/C18H16N4O3.C8H6F3NO/c19-11-15-14(13-8-4-5-9-16(13)22(24)25)10-17(23)21-18(15)20-12-6-2-1-3-7-12;9-8(10,11)6-3-1-2-5(4-6)7(12)13/h1-9,11,14H,10,19H2,(H,20,21,23);1-4H,(H2,12,13)/b15-11-;. The Bertz CT molecular complexity index is 1410. The van der Waals surface area contributed by atoms with E-state index in [9.17, 15) is 32.9 Å². The second kappa shape index (κ2) is 11.8. The molecule has 0 spiro atoms. The quantitative estimate of drug-likeness (QED) is 0.336. The third-order valence-electron chi connectivity index (χ3n) is 5.46. The number of nitro benzene ring substituents is 1. The van der Waals surface area contributed by atoms with Crippen LogP contribution in [0, 0.1) is 10.1 Å². The Hall–Kier alpha value is -5.00. The molecule has 38 heavy (non-hydrogen) atoms. The normalized spacial score (nSPS) is 17.3. The summed E-state index contributed by atoms with van der Waals surface area (Å²) < 4.78 is 36.2. The summed E-state index contributed by atoms with van der Waals surface area (Å²) in [6.45, 7) is 0. The zero-order valence-corrected chi connectivity index (χ0v) is 19.7. The smallest absolute Gasteiger partial charge is 0.404 e. The summed E-state index contributed by atoms with van der Waals surface area (Å²) in [6, 6.07) is 19.4. The van der Waals surface area contributed by atoms with Crippen molar-refractivity contribution < 1.29 is 27.7 Å². The first-order chi connectivity index (χ1) is 18.0. The molecule has 196 valence electrons. The maximum atomic E-state index is 12.2. The van der Waals surface area contributed by atoms with Gasteiger partial charge >= 0.3 is 6.18 Å². The van der Waals surface area contributed by atoms with Gasteiger partial charge in [0.2, 0.25) is 11.8 Å². The van der Waals surface area contributed by atoms with Crippen molar-refractivity contribution in [3.05, 3.63) is 117 Å². The number of nitrogens with zero attached hydrogens (tertiary/aromatic N) is 2. The highest BCUT2D eigenvalue weighted by molar-refractivity contribution is 6.12. The van der Waals surface area contributed by atoms with Crippen molar-refractivity contribution in [1.82, 2.24) is 5.32 Å². The first-order valence-electron chi connectivity index (χ1n) is 11.1. The van der Waals surface area contributed by atoms with Gasteiger partial charge in [-0.2, -0.15) is 13.2 Å². The van der Waals surface area contributed by atoms with Crippen molar-refractivity contribution >= 4 is 29.0 Å². The predicted octanol–water partition coefficient (Wildman–Crippen LogP) is 4.58. The van der Waals surface area contributed by atoms with Gasteiger partial charge < -0.3 is 16.8 Å². The third kappa shape index (κ3) is 6.81. The minimum atomic E-state index is -4.44. The fourth-order valence-electron chi connectivity index (χ4n) is 3.71. The summed E-state index contributed by atoms with van der Waals surface area (Å²) >= 11 is 0. The van der Waals surface area contributed by atoms with Crippen molar-refractivity contribution in [3.8, 4) is 0 Å². The summed E-state index contributed by atoms with van der Waals surface area (Å²) in [5.74, 6) is -1.34. The molecule has 1 aliphatic rings. The molecule has 1 aliphatic heterocycles. The molecule has 5 N–H and O–H groups in total. The number of carbonyl (C=O) groups is 2. The zero-order chi connectivity index (χ0) is 27.9. The predicted molar refractivity (Wildman–Crippen MR) is 134 cm³/mol. The van der Waals surface area contributed by atoms with E-state index in [1.807, 2.05) is 18.2 Å². The Balaban J connectivity index is 0.000000260. The number of amidine groups is 1. The van der Waals surface area contributed by atoms with E-state index in [-0.39, 0.29) is 23.6 Å². The van der Waals surface area contributed by atoms with Crippen LogP contribution in [-0.2, 0) is 11.0 Å². The number of alkyl halides is 3. The van der Waals surface area contributed by atoms with E-state index >= 15 is 0 Å². The SMILES string of the molecule is N/C=C1\C(=Nc2ccccc2)NC(=O)CC1c1ccccc1[N+](=O)[O-].NC(=O)c1cccc(C(F)(F)F)c1. The fourth-order valence-corrected chi connectivity index (χ4v) is 3.71. The summed E-state index contributed by atoms with van der Waals surface area (Å²) in [5.41, 5.74) is 11.2. The topological polar surface area (TPSA) is 154 Å². The van der Waals surface area contributed by atoms with Crippen molar-refractivity contribution in [2.75, 3.05) is 0 Å². The van der Waals surface area contributed by atoms with Gasteiger partial charge in [-0.25, -0.2) is 4.99 Å². The molecule has 3 aromatic rings. The van der Waals surface area contributed by atoms with Crippen molar-refractivity contribution in [2.24, 2.45) is 16.5 Å². The molecule has 4 rings (SSSR count). The van der Waals surface area contributed by atoms with Gasteiger partial charge in [0.15, 0.2) is 0 Å². The molecule has 0 aliphatic carbocycles. The second-order valence-corrected chi connectivity index (χ2v) is 7.98. The minimum absolute atomic E-state index is 0.0411. The van der Waals surface area contributed by atoms with Gasteiger partial charge in [-0.3, -0.25) is 19.7 Å². The van der Waals surface area contributed by atoms with Crippen LogP contribution in [0.25, 0.3) is 0 Å². The molecule has 1 heterocycles. The number of nitrogens with one attached hydrogen (secondary N) is 1. The highest BCUT2D eigenvalue weighted by atomic mass is 19.4. The van der Waals surface area contributed by atoms with Crippen molar-refractivity contribution in [2.45, 2.75) is 18.5 Å². The zero-order valence-electron chi connectivity index (χ0n) is 19.7. The number of hydrogen-bond donors (Lipinski definition) is 3. The molecule has 1 fully saturated rings. The summed E-state index contributed by atoms with van der Waals surface area (Å²) in [6.07, 6.45) is -3.02. The molecule has 12 heteroatoms. The minimum Gasteiger partial charge on any atom is -0.404 e. The van der Waals surface area contributed by atoms with E-state index in [0.29, 0.717) is 22.7 Å². The van der Waals surface area contributed by atoms with Crippen LogP contribution in [0.4, 0.5) is 24.5 Å². The van der Waals surface area contributed by atoms with E-state index < -0.39 is 28.5 Å². The van der Waals surface area contributed by atoms with Crippen LogP contribution in [0.15, 0.2) is 95.6 Å². The monoisotopic (exact) mass is 525 g/mol. The molecule has 0 aromatic heterocycles. The van der Waals surface area contributed by atoms with Gasteiger partial charge in [-0.05, 0) is 30.3 Å². The number of nitrogens with two attached hydrogens (primary N) is 2. The third-order valence-corrected chi connectivity index (χ3v) is 5.46. The van der Waals surface area contributed by atoms with Gasteiger partial charge in [-0.15, -0.1) is 0 Å². The van der Waals surface area contributed by atoms with Gasteiger partial charge in [0, 0.05) is 41.3 Å². The van der Waals surface area contributed by atoms with Gasteiger partial charge in [0.05, 0.1) is 16.2 Å². The molecule has 0 bridgehead atoms. The average Bonchev–Trinajstić information content (AvgIpc) is 2.89. The number of primary amides is 1. The van der Waals surface area contributed by atoms with Gasteiger partial charge in [-0.1, -0.05) is 42.5 Å². The highest BCUT2D eigenvalue weighted by Gasteiger charge is 2.34. The first-order valence-corrected chi connectivity index (χ1v) is 11.1. The number of benzene rings is 3. The maximum absolute atomic E-state index is 12.2. The number of halogens is 3. The van der Waals surface area contributed by atoms with Crippen LogP contribution in [0.2, 0.25) is 0 Å². The van der Waals surface area contributed by atoms with E-state index in [0.717, 1.165) is 18.2 Å². The number of rotatable bonds is 4. The van der Waals surface area contributed by atoms with E-state index in [4.69, 9.17) is 11.5 Å². The Morgan fingerprint density at radius 1 is 1.05 bits per heavy atom. The van der Waals surface area contributed by atoms with Crippen LogP contribution in [-0.4, -0.2) is 22.6 Å². The lowest BCUT2D eigenvalue weighted by molar-refractivity contribution is -0.385. The molecule has 0 saturated carbocycles. The molecule has 1 saturated heterocycles. The number of nitro groups is 1. The summed E-state index contributed by atoms with van der Waals surface area (Å²) in [7, 11) is 0. The number of para-hydroxylation sites is 2. The lowest BCUT2D eigenvalue weighted by atomic mass is 9.84. The molecular formula is C26H22F3N5O4. The summed E-state index contributed by atoms with van der Waals surface area (Å²) in [4.78, 5) is 38.0.